The molecule has 6 rings (SSSR count). The van der Waals surface area contributed by atoms with Crippen molar-refractivity contribution in [2.75, 3.05) is 0 Å². The summed E-state index contributed by atoms with van der Waals surface area (Å²) in [5.74, 6) is 2.53. The van der Waals surface area contributed by atoms with E-state index in [0.29, 0.717) is 11.6 Å². The van der Waals surface area contributed by atoms with Crippen molar-refractivity contribution in [2.24, 2.45) is 5.92 Å². The monoisotopic (exact) mass is 515 g/mol. The van der Waals surface area contributed by atoms with Gasteiger partial charge < -0.3 is 8.83 Å². The first-order valence-corrected chi connectivity index (χ1v) is 14.0. The molecule has 0 radical (unpaired) electrons. The van der Waals surface area contributed by atoms with Crippen LogP contribution in [0.2, 0.25) is 0 Å². The van der Waals surface area contributed by atoms with Gasteiger partial charge in [0, 0.05) is 22.9 Å². The van der Waals surface area contributed by atoms with Crippen LogP contribution in [0.1, 0.15) is 62.8 Å². The van der Waals surface area contributed by atoms with Gasteiger partial charge in [-0.25, -0.2) is 4.98 Å². The molecule has 0 spiro atoms. The Labute approximate surface area is 230 Å². The number of rotatable bonds is 4. The first kappa shape index (κ1) is 25.4. The maximum atomic E-state index is 6.26. The number of fused-ring (bicyclic) bond motifs is 3. The molecule has 0 aliphatic heterocycles. The lowest BCUT2D eigenvalue weighted by molar-refractivity contribution is 0.496. The zero-order valence-corrected chi connectivity index (χ0v) is 24.3. The van der Waals surface area contributed by atoms with Gasteiger partial charge in [-0.2, -0.15) is 0 Å². The summed E-state index contributed by atoms with van der Waals surface area (Å²) in [5.41, 5.74) is 9.64. The largest absolute Gasteiger partial charge is 0.461 e. The molecule has 0 atom stereocenters. The highest BCUT2D eigenvalue weighted by Crippen LogP contribution is 2.40. The molecule has 39 heavy (non-hydrogen) atoms. The standard InChI is InChI=1S/C36H37NO2/c1-20(2)15-33-22(4)28-17-25(13-14-32(28)39-33)29-19-31(37-35-34(29)21(3)23(5)38-35)26-16-24-11-9-10-12-27(24)30(18-26)36(6,7)8/h9-14,16-20H,15H2,1-8H3. The Morgan fingerprint density at radius 1 is 0.795 bits per heavy atom. The fraction of sp³-hybridized carbons (Fsp3) is 0.306. The number of aryl methyl sites for hydroxylation is 3. The molecule has 0 bridgehead atoms. The van der Waals surface area contributed by atoms with Gasteiger partial charge in [0.15, 0.2) is 0 Å². The molecule has 0 saturated carbocycles. The van der Waals surface area contributed by atoms with Crippen molar-refractivity contribution in [2.45, 2.75) is 67.2 Å². The highest BCUT2D eigenvalue weighted by atomic mass is 16.3. The van der Waals surface area contributed by atoms with Gasteiger partial charge in [-0.1, -0.05) is 65.0 Å². The molecule has 3 aromatic carbocycles. The summed E-state index contributed by atoms with van der Waals surface area (Å²) in [7, 11) is 0. The van der Waals surface area contributed by atoms with Gasteiger partial charge >= 0.3 is 0 Å². The third kappa shape index (κ3) is 4.34. The van der Waals surface area contributed by atoms with Crippen molar-refractivity contribution in [3.63, 3.8) is 0 Å². The van der Waals surface area contributed by atoms with Crippen molar-refractivity contribution < 1.29 is 8.83 Å². The van der Waals surface area contributed by atoms with Gasteiger partial charge in [-0.05, 0) is 95.5 Å². The number of pyridine rings is 1. The van der Waals surface area contributed by atoms with E-state index in [1.807, 2.05) is 6.92 Å². The first-order valence-electron chi connectivity index (χ1n) is 14.0. The first-order chi connectivity index (χ1) is 18.5. The van der Waals surface area contributed by atoms with E-state index in [9.17, 15) is 0 Å². The van der Waals surface area contributed by atoms with E-state index < -0.39 is 0 Å². The van der Waals surface area contributed by atoms with Crippen molar-refractivity contribution >= 4 is 32.8 Å². The maximum Gasteiger partial charge on any atom is 0.227 e. The van der Waals surface area contributed by atoms with Crippen molar-refractivity contribution in [3.05, 3.63) is 88.9 Å². The van der Waals surface area contributed by atoms with Crippen LogP contribution in [-0.2, 0) is 11.8 Å². The third-order valence-electron chi connectivity index (χ3n) is 8.04. The second-order valence-corrected chi connectivity index (χ2v) is 12.5. The second-order valence-electron chi connectivity index (χ2n) is 12.5. The van der Waals surface area contributed by atoms with Crippen LogP contribution in [0.4, 0.5) is 0 Å². The third-order valence-corrected chi connectivity index (χ3v) is 8.04. The van der Waals surface area contributed by atoms with E-state index in [4.69, 9.17) is 13.8 Å². The van der Waals surface area contributed by atoms with Crippen LogP contribution < -0.4 is 0 Å². The van der Waals surface area contributed by atoms with E-state index >= 15 is 0 Å². The molecule has 0 saturated heterocycles. The summed E-state index contributed by atoms with van der Waals surface area (Å²) < 4.78 is 12.5. The average molecular weight is 516 g/mol. The summed E-state index contributed by atoms with van der Waals surface area (Å²) in [5, 5.41) is 4.77. The molecule has 3 aromatic heterocycles. The maximum absolute atomic E-state index is 6.26. The number of nitrogens with zero attached hydrogens (tertiary/aromatic N) is 1. The molecule has 6 aromatic rings. The Hall–Kier alpha value is -3.85. The Bertz CT molecular complexity index is 1870. The zero-order valence-electron chi connectivity index (χ0n) is 24.3. The molecule has 198 valence electrons. The van der Waals surface area contributed by atoms with E-state index in [0.717, 1.165) is 56.9 Å². The fourth-order valence-electron chi connectivity index (χ4n) is 5.81. The molecular weight excluding hydrogens is 478 g/mol. The minimum absolute atomic E-state index is 0.00204. The van der Waals surface area contributed by atoms with E-state index in [1.54, 1.807) is 0 Å². The van der Waals surface area contributed by atoms with Crippen molar-refractivity contribution in [1.82, 2.24) is 4.98 Å². The molecule has 0 unspecified atom stereocenters. The van der Waals surface area contributed by atoms with Gasteiger partial charge in [0.25, 0.3) is 0 Å². The Balaban J connectivity index is 1.60. The molecule has 0 aliphatic rings. The summed E-state index contributed by atoms with van der Waals surface area (Å²) in [6.07, 6.45) is 0.942. The SMILES string of the molecule is Cc1oc2nc(-c3cc(C(C)(C)C)c4ccccc4c3)cc(-c3ccc4oc(CC(C)C)c(C)c4c3)c2c1C. The van der Waals surface area contributed by atoms with Gasteiger partial charge in [-0.15, -0.1) is 0 Å². The summed E-state index contributed by atoms with van der Waals surface area (Å²) in [6.45, 7) is 17.6. The number of aromatic nitrogens is 1. The Morgan fingerprint density at radius 3 is 2.31 bits per heavy atom. The number of hydrogen-bond donors (Lipinski definition) is 0. The van der Waals surface area contributed by atoms with Gasteiger partial charge in [0.1, 0.15) is 17.1 Å². The molecule has 3 heterocycles. The number of furan rings is 2. The molecule has 0 amide bonds. The van der Waals surface area contributed by atoms with Crippen LogP contribution in [0.5, 0.6) is 0 Å². The molecule has 0 N–H and O–H groups in total. The predicted molar refractivity (Wildman–Crippen MR) is 164 cm³/mol. The highest BCUT2D eigenvalue weighted by molar-refractivity contribution is 6.00. The number of hydrogen-bond acceptors (Lipinski definition) is 3. The number of benzene rings is 3. The molecule has 3 nitrogen and oxygen atoms in total. The normalized spacial score (nSPS) is 12.4. The quantitative estimate of drug-likeness (QED) is 0.234. The van der Waals surface area contributed by atoms with Crippen molar-refractivity contribution in [1.29, 1.82) is 0 Å². The summed E-state index contributed by atoms with van der Waals surface area (Å²) in [6, 6.07) is 22.0. The average Bonchev–Trinajstić information content (AvgIpc) is 3.36. The highest BCUT2D eigenvalue weighted by Gasteiger charge is 2.22. The molecule has 0 aliphatic carbocycles. The second kappa shape index (κ2) is 9.12. The Kier molecular flexibility index (Phi) is 5.95. The van der Waals surface area contributed by atoms with Crippen LogP contribution in [0.25, 0.3) is 55.2 Å². The van der Waals surface area contributed by atoms with E-state index in [-0.39, 0.29) is 5.41 Å². The lowest BCUT2D eigenvalue weighted by Gasteiger charge is -2.23. The summed E-state index contributed by atoms with van der Waals surface area (Å²) in [4.78, 5) is 5.07. The molecule has 3 heteroatoms. The van der Waals surface area contributed by atoms with E-state index in [1.165, 1.54) is 27.3 Å². The molecular formula is C36H37NO2. The summed E-state index contributed by atoms with van der Waals surface area (Å²) >= 11 is 0. The van der Waals surface area contributed by atoms with Gasteiger partial charge in [-0.3, -0.25) is 0 Å². The Morgan fingerprint density at radius 2 is 1.56 bits per heavy atom. The van der Waals surface area contributed by atoms with Crippen LogP contribution in [0, 0.1) is 26.7 Å². The van der Waals surface area contributed by atoms with E-state index in [2.05, 4.69) is 109 Å². The van der Waals surface area contributed by atoms with Crippen LogP contribution >= 0.6 is 0 Å². The smallest absolute Gasteiger partial charge is 0.227 e. The zero-order chi connectivity index (χ0) is 27.6. The van der Waals surface area contributed by atoms with Crippen LogP contribution in [0.3, 0.4) is 0 Å². The van der Waals surface area contributed by atoms with Gasteiger partial charge in [0.05, 0.1) is 11.1 Å². The fourth-order valence-corrected chi connectivity index (χ4v) is 5.81. The molecule has 0 fully saturated rings. The topological polar surface area (TPSA) is 39.2 Å². The van der Waals surface area contributed by atoms with Crippen molar-refractivity contribution in [3.8, 4) is 22.4 Å². The lowest BCUT2D eigenvalue weighted by Crippen LogP contribution is -2.12. The minimum atomic E-state index is -0.00204. The predicted octanol–water partition coefficient (Wildman–Crippen LogP) is 10.5. The van der Waals surface area contributed by atoms with Gasteiger partial charge in [0.2, 0.25) is 5.71 Å². The minimum Gasteiger partial charge on any atom is -0.461 e. The van der Waals surface area contributed by atoms with Crippen LogP contribution in [-0.4, -0.2) is 4.98 Å². The van der Waals surface area contributed by atoms with Crippen LogP contribution in [0.15, 0.2) is 69.5 Å². The lowest BCUT2D eigenvalue weighted by atomic mass is 9.82.